The summed E-state index contributed by atoms with van der Waals surface area (Å²) in [4.78, 5) is 49.4. The molecule has 6 rings (SSSR count). The van der Waals surface area contributed by atoms with E-state index in [2.05, 4.69) is 9.97 Å². The average Bonchev–Trinajstić information content (AvgIpc) is 3.44. The predicted molar refractivity (Wildman–Crippen MR) is 153 cm³/mol. The minimum absolute atomic E-state index is 0.00831. The molecule has 4 heterocycles. The molecule has 2 aliphatic rings. The van der Waals surface area contributed by atoms with Gasteiger partial charge >= 0.3 is 6.09 Å². The van der Waals surface area contributed by atoms with Crippen LogP contribution < -0.4 is 5.56 Å². The van der Waals surface area contributed by atoms with Gasteiger partial charge in [-0.15, -0.1) is 0 Å². The molecule has 0 bridgehead atoms. The SMILES string of the molecule is O=C(O)N1CC[C@@H](C(=O)N2CCC(O)(Cn3cnc4c(-c5ccccc5)c[nH]c4c3=O)CC2)[C@H](c2ccccc2)C1. The Balaban J connectivity index is 1.15. The highest BCUT2D eigenvalue weighted by molar-refractivity contribution is 5.91. The summed E-state index contributed by atoms with van der Waals surface area (Å²) in [6, 6.07) is 19.3. The fourth-order valence-corrected chi connectivity index (χ4v) is 6.30. The Morgan fingerprint density at radius 2 is 1.66 bits per heavy atom. The Morgan fingerprint density at radius 3 is 2.34 bits per heavy atom. The average molecular weight is 556 g/mol. The van der Waals surface area contributed by atoms with Crippen LogP contribution in [0.1, 0.15) is 30.7 Å². The van der Waals surface area contributed by atoms with Crippen LogP contribution in [0.2, 0.25) is 0 Å². The van der Waals surface area contributed by atoms with Crippen LogP contribution in [0.4, 0.5) is 4.79 Å². The second kappa shape index (κ2) is 10.9. The summed E-state index contributed by atoms with van der Waals surface area (Å²) in [6.45, 7) is 1.40. The Hall–Kier alpha value is -4.44. The Kier molecular flexibility index (Phi) is 7.08. The lowest BCUT2D eigenvalue weighted by atomic mass is 9.79. The van der Waals surface area contributed by atoms with Gasteiger partial charge in [-0.3, -0.25) is 14.2 Å². The highest BCUT2D eigenvalue weighted by atomic mass is 16.4. The van der Waals surface area contributed by atoms with Gasteiger partial charge < -0.3 is 25.0 Å². The predicted octanol–water partition coefficient (Wildman–Crippen LogP) is 3.53. The van der Waals surface area contributed by atoms with Crippen LogP contribution in [-0.2, 0) is 11.3 Å². The maximum atomic E-state index is 13.7. The van der Waals surface area contributed by atoms with Crippen molar-refractivity contribution >= 4 is 23.0 Å². The van der Waals surface area contributed by atoms with E-state index in [1.54, 1.807) is 11.1 Å². The minimum atomic E-state index is -1.16. The molecule has 3 N–H and O–H groups in total. The molecule has 4 aromatic rings. The molecule has 0 saturated carbocycles. The van der Waals surface area contributed by atoms with Crippen LogP contribution in [0, 0.1) is 5.92 Å². The molecule has 0 radical (unpaired) electrons. The first kappa shape index (κ1) is 26.8. The van der Waals surface area contributed by atoms with E-state index in [0.29, 0.717) is 49.9 Å². The van der Waals surface area contributed by atoms with E-state index in [1.807, 2.05) is 60.7 Å². The molecule has 2 fully saturated rings. The van der Waals surface area contributed by atoms with Crippen molar-refractivity contribution in [3.8, 4) is 11.1 Å². The second-order valence-electron chi connectivity index (χ2n) is 11.2. The lowest BCUT2D eigenvalue weighted by Crippen LogP contribution is -2.53. The van der Waals surface area contributed by atoms with Crippen LogP contribution in [-0.4, -0.2) is 78.3 Å². The fraction of sp³-hybridized carbons (Fsp3) is 0.355. The second-order valence-corrected chi connectivity index (χ2v) is 11.2. The van der Waals surface area contributed by atoms with E-state index < -0.39 is 11.7 Å². The molecule has 2 aromatic heterocycles. The van der Waals surface area contributed by atoms with Crippen LogP contribution in [0.25, 0.3) is 22.2 Å². The lowest BCUT2D eigenvalue weighted by Gasteiger charge is -2.42. The van der Waals surface area contributed by atoms with Crippen LogP contribution in [0.15, 0.2) is 78.0 Å². The number of rotatable bonds is 5. The van der Waals surface area contributed by atoms with Crippen LogP contribution in [0.5, 0.6) is 0 Å². The van der Waals surface area contributed by atoms with Gasteiger partial charge in [0.05, 0.1) is 18.5 Å². The number of fused-ring (bicyclic) bond motifs is 1. The molecule has 10 heteroatoms. The molecule has 10 nitrogen and oxygen atoms in total. The largest absolute Gasteiger partial charge is 0.465 e. The number of amides is 2. The van der Waals surface area contributed by atoms with Crippen molar-refractivity contribution in [2.24, 2.45) is 5.92 Å². The zero-order chi connectivity index (χ0) is 28.6. The number of hydrogen-bond acceptors (Lipinski definition) is 5. The zero-order valence-corrected chi connectivity index (χ0v) is 22.6. The van der Waals surface area contributed by atoms with Gasteiger partial charge in [-0.2, -0.15) is 0 Å². The minimum Gasteiger partial charge on any atom is -0.465 e. The first-order chi connectivity index (χ1) is 19.8. The molecule has 2 saturated heterocycles. The van der Waals surface area contributed by atoms with Gasteiger partial charge in [-0.1, -0.05) is 60.7 Å². The molecule has 2 aromatic carbocycles. The van der Waals surface area contributed by atoms with Crippen molar-refractivity contribution in [3.05, 3.63) is 89.1 Å². The molecular weight excluding hydrogens is 522 g/mol. The van der Waals surface area contributed by atoms with Crippen molar-refractivity contribution in [2.45, 2.75) is 37.3 Å². The van der Waals surface area contributed by atoms with Gasteiger partial charge in [0.15, 0.2) is 0 Å². The standard InChI is InChI=1S/C31H33N5O5/c37-28(23-11-14-35(30(39)40)18-25(23)22-9-5-2-6-10-22)34-15-12-31(41,13-16-34)19-36-20-33-26-24(17-32-27(26)29(36)38)21-7-3-1-4-8-21/h1-10,17,20,23,25,32,41H,11-16,18-19H2,(H,39,40)/t23-,25+/m1/s1. The maximum absolute atomic E-state index is 13.7. The highest BCUT2D eigenvalue weighted by Crippen LogP contribution is 2.35. The van der Waals surface area contributed by atoms with E-state index in [9.17, 15) is 24.6 Å². The third kappa shape index (κ3) is 5.22. The summed E-state index contributed by atoms with van der Waals surface area (Å²) in [5, 5.41) is 21.0. The number of piperidine rings is 2. The number of aromatic nitrogens is 3. The number of nitrogens with one attached hydrogen (secondary N) is 1. The number of benzene rings is 2. The number of H-pyrrole nitrogens is 1. The van der Waals surface area contributed by atoms with Gasteiger partial charge in [-0.05, 0) is 30.4 Å². The molecular formula is C31H33N5O5. The number of carboxylic acid groups (broad SMARTS) is 1. The molecule has 2 aliphatic heterocycles. The monoisotopic (exact) mass is 555 g/mol. The summed E-state index contributed by atoms with van der Waals surface area (Å²) < 4.78 is 1.44. The summed E-state index contributed by atoms with van der Waals surface area (Å²) in [6.07, 6.45) is 3.40. The smallest absolute Gasteiger partial charge is 0.407 e. The molecule has 0 unspecified atom stereocenters. The van der Waals surface area contributed by atoms with Crippen LogP contribution in [0.3, 0.4) is 0 Å². The normalized spacial score (nSPS) is 20.7. The first-order valence-electron chi connectivity index (χ1n) is 14.0. The topological polar surface area (TPSA) is 132 Å². The number of carbonyl (C=O) groups is 2. The number of carbonyl (C=O) groups excluding carboxylic acids is 1. The summed E-state index contributed by atoms with van der Waals surface area (Å²) in [5.74, 6) is -0.571. The fourth-order valence-electron chi connectivity index (χ4n) is 6.30. The lowest BCUT2D eigenvalue weighted by molar-refractivity contribution is -0.142. The molecule has 0 spiro atoms. The van der Waals surface area contributed by atoms with E-state index >= 15 is 0 Å². The first-order valence-corrected chi connectivity index (χ1v) is 14.0. The molecule has 2 atom stereocenters. The third-order valence-electron chi connectivity index (χ3n) is 8.64. The molecule has 2 amide bonds. The molecule has 212 valence electrons. The van der Waals surface area contributed by atoms with Crippen LogP contribution >= 0.6 is 0 Å². The van der Waals surface area contributed by atoms with E-state index in [-0.39, 0.29) is 36.4 Å². The summed E-state index contributed by atoms with van der Waals surface area (Å²) in [7, 11) is 0. The van der Waals surface area contributed by atoms with E-state index in [0.717, 1.165) is 16.7 Å². The van der Waals surface area contributed by atoms with E-state index in [4.69, 9.17) is 0 Å². The highest BCUT2D eigenvalue weighted by Gasteiger charge is 2.41. The van der Waals surface area contributed by atoms with Crippen molar-refractivity contribution in [1.82, 2.24) is 24.3 Å². The van der Waals surface area contributed by atoms with Gasteiger partial charge in [-0.25, -0.2) is 9.78 Å². The third-order valence-corrected chi connectivity index (χ3v) is 8.64. The number of aliphatic hydroxyl groups is 1. The van der Waals surface area contributed by atoms with Crippen molar-refractivity contribution in [2.75, 3.05) is 26.2 Å². The number of aromatic amines is 1. The van der Waals surface area contributed by atoms with Gasteiger partial charge in [0.2, 0.25) is 5.91 Å². The summed E-state index contributed by atoms with van der Waals surface area (Å²) >= 11 is 0. The van der Waals surface area contributed by atoms with Gasteiger partial charge in [0, 0.05) is 49.8 Å². The Bertz CT molecular complexity index is 1610. The van der Waals surface area contributed by atoms with E-state index in [1.165, 1.54) is 15.8 Å². The van der Waals surface area contributed by atoms with Crippen molar-refractivity contribution in [1.29, 1.82) is 0 Å². The quantitative estimate of drug-likeness (QED) is 0.345. The summed E-state index contributed by atoms with van der Waals surface area (Å²) in [5.41, 5.74) is 2.33. The maximum Gasteiger partial charge on any atom is 0.407 e. The zero-order valence-electron chi connectivity index (χ0n) is 22.6. The number of likely N-dealkylation sites (tertiary alicyclic amines) is 2. The number of hydrogen-bond donors (Lipinski definition) is 3. The Morgan fingerprint density at radius 1 is 0.976 bits per heavy atom. The van der Waals surface area contributed by atoms with Gasteiger partial charge in [0.25, 0.3) is 5.56 Å². The molecule has 0 aliphatic carbocycles. The van der Waals surface area contributed by atoms with Gasteiger partial charge in [0.1, 0.15) is 11.0 Å². The number of nitrogens with zero attached hydrogens (tertiary/aromatic N) is 4. The van der Waals surface area contributed by atoms with Crippen molar-refractivity contribution < 1.29 is 19.8 Å². The van der Waals surface area contributed by atoms with Crippen molar-refractivity contribution in [3.63, 3.8) is 0 Å². The molecule has 41 heavy (non-hydrogen) atoms. The Labute approximate surface area is 236 Å².